The lowest BCUT2D eigenvalue weighted by Crippen LogP contribution is -2.43. The summed E-state index contributed by atoms with van der Waals surface area (Å²) in [5, 5.41) is 9.69. The van der Waals surface area contributed by atoms with Crippen molar-refractivity contribution in [2.45, 2.75) is 70.2 Å². The molecule has 33 heavy (non-hydrogen) atoms. The van der Waals surface area contributed by atoms with Crippen molar-refractivity contribution in [3.05, 3.63) is 51.4 Å². The summed E-state index contributed by atoms with van der Waals surface area (Å²) in [7, 11) is 2.23. The SMILES string of the molecule is CCC(O)C#Cc1cc2nc(C)n(-c3ccc(O[C@H]4C[C@H]5CC[C@@H](C4)N5C)cc3)c(=O)c2s1. The van der Waals surface area contributed by atoms with Crippen molar-refractivity contribution >= 4 is 21.6 Å². The van der Waals surface area contributed by atoms with Gasteiger partial charge in [0.15, 0.2) is 0 Å². The largest absolute Gasteiger partial charge is 0.490 e. The molecule has 1 aromatic carbocycles. The number of piperidine rings is 1. The van der Waals surface area contributed by atoms with E-state index in [2.05, 4.69) is 28.8 Å². The normalized spacial score (nSPS) is 23.3. The number of aliphatic hydroxyl groups is 1. The lowest BCUT2D eigenvalue weighted by atomic mass is 10.0. The standard InChI is InChI=1S/C26H29N3O3S/c1-4-20(30)9-12-23-15-24-25(33-23)26(31)29(16(2)27-24)17-7-10-21(11-8-17)32-22-13-18-5-6-19(14-22)28(18)3/h7-8,10-11,15,18-20,22,30H,4-6,13-14H2,1-3H3/t18-,19+,20?,22+. The summed E-state index contributed by atoms with van der Waals surface area (Å²) < 4.78 is 8.50. The van der Waals surface area contributed by atoms with Gasteiger partial charge in [-0.25, -0.2) is 4.98 Å². The van der Waals surface area contributed by atoms with Crippen LogP contribution in [0.1, 0.15) is 49.7 Å². The number of aryl methyl sites for hydroxylation is 1. The van der Waals surface area contributed by atoms with Gasteiger partial charge in [0.1, 0.15) is 28.5 Å². The molecule has 0 radical (unpaired) electrons. The highest BCUT2D eigenvalue weighted by molar-refractivity contribution is 7.19. The van der Waals surface area contributed by atoms with E-state index in [1.165, 1.54) is 24.2 Å². The van der Waals surface area contributed by atoms with Crippen molar-refractivity contribution in [3.8, 4) is 23.3 Å². The maximum atomic E-state index is 13.3. The number of aliphatic hydroxyl groups excluding tert-OH is 1. The van der Waals surface area contributed by atoms with Crippen LogP contribution in [0, 0.1) is 18.8 Å². The van der Waals surface area contributed by atoms with Crippen LogP contribution in [0.15, 0.2) is 35.1 Å². The Morgan fingerprint density at radius 1 is 1.24 bits per heavy atom. The van der Waals surface area contributed by atoms with Gasteiger partial charge in [-0.05, 0) is 76.4 Å². The molecular weight excluding hydrogens is 434 g/mol. The smallest absolute Gasteiger partial charge is 0.276 e. The van der Waals surface area contributed by atoms with Crippen LogP contribution in [0.4, 0.5) is 0 Å². The number of hydrogen-bond donors (Lipinski definition) is 1. The highest BCUT2D eigenvalue weighted by Gasteiger charge is 2.39. The molecule has 0 amide bonds. The van der Waals surface area contributed by atoms with Crippen molar-refractivity contribution in [1.82, 2.24) is 14.5 Å². The Hall–Kier alpha value is -2.66. The van der Waals surface area contributed by atoms with E-state index < -0.39 is 6.10 Å². The molecule has 0 saturated carbocycles. The number of fused-ring (bicyclic) bond motifs is 3. The first-order valence-corrected chi connectivity index (χ1v) is 12.5. The fourth-order valence-corrected chi connectivity index (χ4v) is 5.92. The molecule has 4 atom stereocenters. The summed E-state index contributed by atoms with van der Waals surface area (Å²) >= 11 is 1.32. The molecule has 1 N–H and O–H groups in total. The number of benzene rings is 1. The minimum atomic E-state index is -0.660. The van der Waals surface area contributed by atoms with Gasteiger partial charge in [0.05, 0.1) is 16.1 Å². The molecule has 0 aliphatic carbocycles. The number of aromatic nitrogens is 2. The minimum absolute atomic E-state index is 0.104. The number of hydrogen-bond acceptors (Lipinski definition) is 6. The topological polar surface area (TPSA) is 67.6 Å². The van der Waals surface area contributed by atoms with Gasteiger partial charge in [0.2, 0.25) is 0 Å². The fourth-order valence-electron chi connectivity index (χ4n) is 5.04. The molecule has 2 fully saturated rings. The lowest BCUT2D eigenvalue weighted by Gasteiger charge is -2.36. The third-order valence-electron chi connectivity index (χ3n) is 6.92. The van der Waals surface area contributed by atoms with E-state index in [-0.39, 0.29) is 11.7 Å². The quantitative estimate of drug-likeness (QED) is 0.595. The van der Waals surface area contributed by atoms with Crippen LogP contribution in [0.5, 0.6) is 5.75 Å². The first-order valence-electron chi connectivity index (χ1n) is 11.6. The maximum absolute atomic E-state index is 13.3. The van der Waals surface area contributed by atoms with Gasteiger partial charge in [-0.2, -0.15) is 0 Å². The van der Waals surface area contributed by atoms with Crippen molar-refractivity contribution in [3.63, 3.8) is 0 Å². The molecule has 2 aromatic heterocycles. The van der Waals surface area contributed by atoms with Gasteiger partial charge < -0.3 is 14.7 Å². The van der Waals surface area contributed by atoms with Crippen LogP contribution in [-0.4, -0.2) is 50.9 Å². The molecule has 2 saturated heterocycles. The summed E-state index contributed by atoms with van der Waals surface area (Å²) in [4.78, 5) is 21.1. The summed E-state index contributed by atoms with van der Waals surface area (Å²) in [6, 6.07) is 10.8. The maximum Gasteiger partial charge on any atom is 0.276 e. The second-order valence-corrected chi connectivity index (χ2v) is 10.1. The van der Waals surface area contributed by atoms with Crippen LogP contribution in [-0.2, 0) is 0 Å². The molecule has 1 unspecified atom stereocenters. The lowest BCUT2D eigenvalue weighted by molar-refractivity contribution is 0.0662. The van der Waals surface area contributed by atoms with Crippen molar-refractivity contribution < 1.29 is 9.84 Å². The van der Waals surface area contributed by atoms with Gasteiger partial charge >= 0.3 is 0 Å². The minimum Gasteiger partial charge on any atom is -0.490 e. The number of thiophene rings is 1. The molecule has 7 heteroatoms. The van der Waals surface area contributed by atoms with Gasteiger partial charge in [0.25, 0.3) is 5.56 Å². The molecule has 172 valence electrons. The summed E-state index contributed by atoms with van der Waals surface area (Å²) in [5.74, 6) is 7.23. The van der Waals surface area contributed by atoms with E-state index in [1.54, 1.807) is 4.57 Å². The molecule has 3 aromatic rings. The first-order chi connectivity index (χ1) is 15.9. The molecule has 2 aliphatic rings. The molecular formula is C26H29N3O3S. The first kappa shape index (κ1) is 22.1. The van der Waals surface area contributed by atoms with Crippen molar-refractivity contribution in [2.75, 3.05) is 7.05 Å². The Labute approximate surface area is 197 Å². The average Bonchev–Trinajstić information content (AvgIpc) is 3.29. The van der Waals surface area contributed by atoms with Crippen LogP contribution >= 0.6 is 11.3 Å². The number of ether oxygens (including phenoxy) is 1. The van der Waals surface area contributed by atoms with Gasteiger partial charge in [0, 0.05) is 12.1 Å². The number of rotatable bonds is 4. The van der Waals surface area contributed by atoms with Crippen molar-refractivity contribution in [2.24, 2.45) is 0 Å². The highest BCUT2D eigenvalue weighted by Crippen LogP contribution is 2.36. The van der Waals surface area contributed by atoms with Crippen LogP contribution in [0.3, 0.4) is 0 Å². The second kappa shape index (κ2) is 8.94. The zero-order valence-electron chi connectivity index (χ0n) is 19.2. The van der Waals surface area contributed by atoms with Crippen LogP contribution in [0.2, 0.25) is 0 Å². The van der Waals surface area contributed by atoms with Crippen LogP contribution < -0.4 is 10.3 Å². The van der Waals surface area contributed by atoms with E-state index >= 15 is 0 Å². The predicted molar refractivity (Wildman–Crippen MR) is 131 cm³/mol. The van der Waals surface area contributed by atoms with E-state index in [1.807, 2.05) is 44.2 Å². The predicted octanol–water partition coefficient (Wildman–Crippen LogP) is 3.88. The molecule has 4 heterocycles. The van der Waals surface area contributed by atoms with Crippen molar-refractivity contribution in [1.29, 1.82) is 0 Å². The second-order valence-electron chi connectivity index (χ2n) is 9.07. The zero-order chi connectivity index (χ0) is 23.1. The Morgan fingerprint density at radius 3 is 2.61 bits per heavy atom. The molecule has 2 aliphatic heterocycles. The van der Waals surface area contributed by atoms with E-state index in [4.69, 9.17) is 4.74 Å². The summed E-state index contributed by atoms with van der Waals surface area (Å²) in [6.07, 6.45) is 4.86. The Morgan fingerprint density at radius 2 is 1.94 bits per heavy atom. The third kappa shape index (κ3) is 4.31. The summed E-state index contributed by atoms with van der Waals surface area (Å²) in [6.45, 7) is 3.71. The van der Waals surface area contributed by atoms with Crippen LogP contribution in [0.25, 0.3) is 15.9 Å². The molecule has 0 spiro atoms. The zero-order valence-corrected chi connectivity index (χ0v) is 20.1. The fraction of sp³-hybridized carbons (Fsp3) is 0.462. The third-order valence-corrected chi connectivity index (χ3v) is 7.94. The van der Waals surface area contributed by atoms with E-state index in [9.17, 15) is 9.90 Å². The van der Waals surface area contributed by atoms with Gasteiger partial charge in [-0.3, -0.25) is 9.36 Å². The van der Waals surface area contributed by atoms with Gasteiger partial charge in [-0.1, -0.05) is 18.8 Å². The summed E-state index contributed by atoms with van der Waals surface area (Å²) in [5.41, 5.74) is 1.31. The molecule has 6 nitrogen and oxygen atoms in total. The van der Waals surface area contributed by atoms with Gasteiger partial charge in [-0.15, -0.1) is 11.3 Å². The van der Waals surface area contributed by atoms with E-state index in [0.717, 1.165) is 29.2 Å². The Kier molecular flexibility index (Phi) is 6.00. The monoisotopic (exact) mass is 463 g/mol. The number of nitrogens with zero attached hydrogens (tertiary/aromatic N) is 3. The average molecular weight is 464 g/mol. The Balaban J connectivity index is 1.38. The van der Waals surface area contributed by atoms with E-state index in [0.29, 0.717) is 34.5 Å². The highest BCUT2D eigenvalue weighted by atomic mass is 32.1. The Bertz CT molecular complexity index is 1270. The molecule has 2 bridgehead atoms. The molecule has 5 rings (SSSR count).